The number of amides is 1. The minimum absolute atomic E-state index is 0.123. The molecular weight excluding hydrogens is 432 g/mol. The van der Waals surface area contributed by atoms with Gasteiger partial charge in [-0.2, -0.15) is 0 Å². The van der Waals surface area contributed by atoms with Gasteiger partial charge in [0.1, 0.15) is 11.3 Å². The van der Waals surface area contributed by atoms with Crippen molar-refractivity contribution in [3.8, 4) is 5.75 Å². The number of aryl methyl sites for hydroxylation is 2. The van der Waals surface area contributed by atoms with Crippen LogP contribution in [0.25, 0.3) is 11.0 Å². The Balaban J connectivity index is 1.26. The molecule has 1 N–H and O–H groups in total. The molecule has 178 valence electrons. The van der Waals surface area contributed by atoms with E-state index in [1.54, 1.807) is 0 Å². The zero-order valence-corrected chi connectivity index (χ0v) is 19.5. The van der Waals surface area contributed by atoms with Crippen LogP contribution in [0.1, 0.15) is 35.1 Å². The second-order valence-electron chi connectivity index (χ2n) is 9.11. The van der Waals surface area contributed by atoms with Crippen molar-refractivity contribution < 1.29 is 18.7 Å². The summed E-state index contributed by atoms with van der Waals surface area (Å²) in [6.07, 6.45) is 3.56. The van der Waals surface area contributed by atoms with E-state index in [9.17, 15) is 9.59 Å². The summed E-state index contributed by atoms with van der Waals surface area (Å²) in [4.78, 5) is 27.4. The zero-order chi connectivity index (χ0) is 23.5. The van der Waals surface area contributed by atoms with Gasteiger partial charge in [0.25, 0.3) is 5.91 Å². The summed E-state index contributed by atoms with van der Waals surface area (Å²) in [6.45, 7) is 6.11. The molecule has 1 saturated heterocycles. The molecule has 3 aromatic rings. The normalized spacial score (nSPS) is 16.3. The molecule has 0 unspecified atom stereocenters. The van der Waals surface area contributed by atoms with Crippen LogP contribution in [0.4, 0.5) is 5.69 Å². The van der Waals surface area contributed by atoms with Gasteiger partial charge in [0.2, 0.25) is 0 Å². The molecule has 7 nitrogen and oxygen atoms in total. The maximum absolute atomic E-state index is 12.6. The molecule has 7 heteroatoms. The Morgan fingerprint density at radius 1 is 1.06 bits per heavy atom. The topological polar surface area (TPSA) is 81.0 Å². The highest BCUT2D eigenvalue weighted by atomic mass is 16.5. The third kappa shape index (κ3) is 5.00. The van der Waals surface area contributed by atoms with Gasteiger partial charge in [-0.15, -0.1) is 0 Å². The number of nitrogens with one attached hydrogen (secondary N) is 1. The molecular formula is C27H30N2O5. The molecule has 1 aliphatic heterocycles. The first-order valence-corrected chi connectivity index (χ1v) is 12.0. The van der Waals surface area contributed by atoms with Gasteiger partial charge in [-0.25, -0.2) is 4.79 Å². The molecule has 1 fully saturated rings. The lowest BCUT2D eigenvalue weighted by Crippen LogP contribution is -2.35. The van der Waals surface area contributed by atoms with E-state index in [4.69, 9.17) is 13.9 Å². The lowest BCUT2D eigenvalue weighted by Gasteiger charge is -2.26. The molecule has 0 atom stereocenters. The van der Waals surface area contributed by atoms with Crippen LogP contribution in [0.3, 0.4) is 0 Å². The summed E-state index contributed by atoms with van der Waals surface area (Å²) in [7, 11) is 0. The summed E-state index contributed by atoms with van der Waals surface area (Å²) in [6, 6.07) is 11.7. The number of anilines is 1. The summed E-state index contributed by atoms with van der Waals surface area (Å²) in [5.74, 6) is 0.356. The Morgan fingerprint density at radius 2 is 1.79 bits per heavy atom. The summed E-state index contributed by atoms with van der Waals surface area (Å²) >= 11 is 0. The SMILES string of the molecule is Cc1cc(OCC(=O)Nc2ccc(CN3CCOCC3)cc2)c2c3c(c(=O)oc2c1)CCCC3. The van der Waals surface area contributed by atoms with Gasteiger partial charge in [0, 0.05) is 30.9 Å². The molecule has 0 bridgehead atoms. The van der Waals surface area contributed by atoms with Crippen LogP contribution in [-0.4, -0.2) is 43.7 Å². The minimum atomic E-state index is -0.256. The molecule has 5 rings (SSSR count). The number of morpholine rings is 1. The fraction of sp³-hybridized carbons (Fsp3) is 0.407. The van der Waals surface area contributed by atoms with Gasteiger partial charge in [-0.1, -0.05) is 12.1 Å². The Labute approximate surface area is 198 Å². The number of carbonyl (C=O) groups excluding carboxylic acids is 1. The Bertz CT molecular complexity index is 1240. The average Bonchev–Trinajstić information content (AvgIpc) is 2.84. The van der Waals surface area contributed by atoms with Crippen LogP contribution in [0.5, 0.6) is 5.75 Å². The fourth-order valence-corrected chi connectivity index (χ4v) is 4.83. The van der Waals surface area contributed by atoms with Gasteiger partial charge < -0.3 is 19.2 Å². The molecule has 2 heterocycles. The Morgan fingerprint density at radius 3 is 2.56 bits per heavy atom. The van der Waals surface area contributed by atoms with Crippen molar-refractivity contribution in [2.24, 2.45) is 0 Å². The summed E-state index contributed by atoms with van der Waals surface area (Å²) in [5.41, 5.74) is 4.87. The van der Waals surface area contributed by atoms with E-state index in [-0.39, 0.29) is 18.1 Å². The number of benzene rings is 2. The van der Waals surface area contributed by atoms with E-state index >= 15 is 0 Å². The quantitative estimate of drug-likeness (QED) is 0.561. The fourth-order valence-electron chi connectivity index (χ4n) is 4.83. The van der Waals surface area contributed by atoms with Crippen molar-refractivity contribution in [2.75, 3.05) is 38.2 Å². The van der Waals surface area contributed by atoms with Crippen molar-refractivity contribution in [1.82, 2.24) is 4.90 Å². The molecule has 2 aromatic carbocycles. The van der Waals surface area contributed by atoms with E-state index in [1.165, 1.54) is 5.56 Å². The standard InChI is InChI=1S/C27H30N2O5/c1-18-14-23(26-21-4-2-3-5-22(21)27(31)34-24(26)15-18)33-17-25(30)28-20-8-6-19(7-9-20)16-29-10-12-32-13-11-29/h6-9,14-15H,2-5,10-13,16-17H2,1H3,(H,28,30). The van der Waals surface area contributed by atoms with Crippen LogP contribution in [0.15, 0.2) is 45.6 Å². The van der Waals surface area contributed by atoms with Crippen LogP contribution >= 0.6 is 0 Å². The van der Waals surface area contributed by atoms with Gasteiger partial charge in [-0.05, 0) is 73.6 Å². The van der Waals surface area contributed by atoms with Crippen molar-refractivity contribution in [1.29, 1.82) is 0 Å². The highest BCUT2D eigenvalue weighted by Gasteiger charge is 2.21. The zero-order valence-electron chi connectivity index (χ0n) is 19.5. The minimum Gasteiger partial charge on any atom is -0.483 e. The first kappa shape index (κ1) is 22.6. The lowest BCUT2D eigenvalue weighted by atomic mass is 9.90. The van der Waals surface area contributed by atoms with Crippen LogP contribution in [0.2, 0.25) is 0 Å². The van der Waals surface area contributed by atoms with Gasteiger partial charge in [-0.3, -0.25) is 9.69 Å². The van der Waals surface area contributed by atoms with E-state index < -0.39 is 0 Å². The van der Waals surface area contributed by atoms with Gasteiger partial charge in [0.15, 0.2) is 6.61 Å². The van der Waals surface area contributed by atoms with E-state index in [0.29, 0.717) is 11.3 Å². The van der Waals surface area contributed by atoms with Crippen molar-refractivity contribution in [2.45, 2.75) is 39.2 Å². The number of ether oxygens (including phenoxy) is 2. The van der Waals surface area contributed by atoms with Gasteiger partial charge in [0.05, 0.1) is 18.6 Å². The van der Waals surface area contributed by atoms with Crippen molar-refractivity contribution >= 4 is 22.6 Å². The second-order valence-corrected chi connectivity index (χ2v) is 9.11. The second kappa shape index (κ2) is 9.99. The highest BCUT2D eigenvalue weighted by Crippen LogP contribution is 2.34. The van der Waals surface area contributed by atoms with Crippen molar-refractivity contribution in [3.63, 3.8) is 0 Å². The predicted molar refractivity (Wildman–Crippen MR) is 131 cm³/mol. The molecule has 1 aliphatic carbocycles. The number of hydrogen-bond donors (Lipinski definition) is 1. The molecule has 1 aromatic heterocycles. The Hall–Kier alpha value is -3.16. The summed E-state index contributed by atoms with van der Waals surface area (Å²) < 4.78 is 17.0. The number of rotatable bonds is 6. The number of hydrogen-bond acceptors (Lipinski definition) is 6. The Kier molecular flexibility index (Phi) is 6.65. The maximum Gasteiger partial charge on any atom is 0.339 e. The van der Waals surface area contributed by atoms with Crippen LogP contribution in [0, 0.1) is 6.92 Å². The van der Waals surface area contributed by atoms with E-state index in [2.05, 4.69) is 10.2 Å². The van der Waals surface area contributed by atoms with Crippen LogP contribution in [-0.2, 0) is 28.9 Å². The molecule has 0 saturated carbocycles. The third-order valence-corrected chi connectivity index (χ3v) is 6.54. The largest absolute Gasteiger partial charge is 0.483 e. The van der Waals surface area contributed by atoms with Gasteiger partial charge >= 0.3 is 5.63 Å². The third-order valence-electron chi connectivity index (χ3n) is 6.54. The van der Waals surface area contributed by atoms with E-state index in [1.807, 2.05) is 43.3 Å². The molecule has 34 heavy (non-hydrogen) atoms. The number of carbonyl (C=O) groups is 1. The lowest BCUT2D eigenvalue weighted by molar-refractivity contribution is -0.118. The molecule has 2 aliphatic rings. The number of nitrogens with zero attached hydrogens (tertiary/aromatic N) is 1. The van der Waals surface area contributed by atoms with Crippen molar-refractivity contribution in [3.05, 3.63) is 69.1 Å². The first-order chi connectivity index (χ1) is 16.6. The molecule has 0 radical (unpaired) electrons. The predicted octanol–water partition coefficient (Wildman–Crippen LogP) is 3.83. The summed E-state index contributed by atoms with van der Waals surface area (Å²) in [5, 5.41) is 3.73. The molecule has 1 amide bonds. The van der Waals surface area contributed by atoms with Crippen LogP contribution < -0.4 is 15.7 Å². The monoisotopic (exact) mass is 462 g/mol. The maximum atomic E-state index is 12.6. The van der Waals surface area contributed by atoms with E-state index in [0.717, 1.165) is 86.3 Å². The molecule has 0 spiro atoms. The average molecular weight is 463 g/mol. The number of fused-ring (bicyclic) bond motifs is 3. The smallest absolute Gasteiger partial charge is 0.339 e. The highest BCUT2D eigenvalue weighted by molar-refractivity contribution is 5.93. The first-order valence-electron chi connectivity index (χ1n) is 12.0.